The zero-order valence-electron chi connectivity index (χ0n) is 8.25. The number of hydrogen-bond acceptors (Lipinski definition) is 3. The van der Waals surface area contributed by atoms with Crippen molar-refractivity contribution in [2.45, 2.75) is 12.3 Å². The zero-order valence-corrected chi connectivity index (χ0v) is 9.00. The van der Waals surface area contributed by atoms with Crippen LogP contribution >= 0.6 is 11.6 Å². The third-order valence-corrected chi connectivity index (χ3v) is 2.13. The van der Waals surface area contributed by atoms with Crippen LogP contribution in [0.25, 0.3) is 11.5 Å². The van der Waals surface area contributed by atoms with Gasteiger partial charge in [0.05, 0.1) is 5.56 Å². The van der Waals surface area contributed by atoms with Crippen molar-refractivity contribution in [2.75, 3.05) is 0 Å². The fourth-order valence-electron chi connectivity index (χ4n) is 1.17. The first kappa shape index (κ1) is 11.0. The Labute approximate surface area is 95.1 Å². The van der Waals surface area contributed by atoms with E-state index >= 15 is 0 Å². The minimum atomic E-state index is -0.626. The molecule has 0 N–H and O–H groups in total. The van der Waals surface area contributed by atoms with Crippen molar-refractivity contribution in [3.8, 4) is 11.5 Å². The number of benzene rings is 1. The van der Waals surface area contributed by atoms with Crippen LogP contribution < -0.4 is 0 Å². The van der Waals surface area contributed by atoms with E-state index in [1.165, 1.54) is 0 Å². The molecule has 84 valence electrons. The normalized spacial score (nSPS) is 12.8. The van der Waals surface area contributed by atoms with Gasteiger partial charge in [0.1, 0.15) is 17.0 Å². The van der Waals surface area contributed by atoms with Crippen molar-refractivity contribution in [3.05, 3.63) is 35.7 Å². The Kier molecular flexibility index (Phi) is 2.87. The third-order valence-electron chi connectivity index (χ3n) is 1.94. The summed E-state index contributed by atoms with van der Waals surface area (Å²) >= 11 is 5.71. The fraction of sp³-hybridized carbons (Fsp3) is 0.200. The summed E-state index contributed by atoms with van der Waals surface area (Å²) in [5.41, 5.74) is -0.0731. The summed E-state index contributed by atoms with van der Waals surface area (Å²) in [6.07, 6.45) is 0. The molecule has 1 aromatic carbocycles. The lowest BCUT2D eigenvalue weighted by Crippen LogP contribution is -1.86. The molecule has 0 saturated carbocycles. The molecular formula is C10H7ClF2N2O. The first-order chi connectivity index (χ1) is 7.58. The van der Waals surface area contributed by atoms with E-state index in [0.717, 1.165) is 18.2 Å². The number of halogens is 3. The summed E-state index contributed by atoms with van der Waals surface area (Å²) < 4.78 is 31.4. The van der Waals surface area contributed by atoms with E-state index in [1.54, 1.807) is 6.92 Å². The monoisotopic (exact) mass is 244 g/mol. The Morgan fingerprint density at radius 3 is 2.69 bits per heavy atom. The minimum absolute atomic E-state index is 0.0731. The number of hydrogen-bond donors (Lipinski definition) is 0. The van der Waals surface area contributed by atoms with Gasteiger partial charge in [0.25, 0.3) is 5.89 Å². The van der Waals surface area contributed by atoms with Crippen LogP contribution in [0.1, 0.15) is 18.2 Å². The van der Waals surface area contributed by atoms with Gasteiger partial charge in [-0.25, -0.2) is 8.78 Å². The average Bonchev–Trinajstić information content (AvgIpc) is 2.70. The van der Waals surface area contributed by atoms with E-state index in [9.17, 15) is 8.78 Å². The minimum Gasteiger partial charge on any atom is -0.419 e. The topological polar surface area (TPSA) is 38.9 Å². The van der Waals surface area contributed by atoms with Crippen molar-refractivity contribution in [1.82, 2.24) is 10.2 Å². The highest BCUT2D eigenvalue weighted by Crippen LogP contribution is 2.25. The summed E-state index contributed by atoms with van der Waals surface area (Å²) in [5, 5.41) is 6.75. The molecule has 2 rings (SSSR count). The summed E-state index contributed by atoms with van der Waals surface area (Å²) in [6.45, 7) is 1.64. The molecule has 0 aliphatic carbocycles. The van der Waals surface area contributed by atoms with Crippen LogP contribution in [0.2, 0.25) is 0 Å². The van der Waals surface area contributed by atoms with Gasteiger partial charge in [-0.15, -0.1) is 21.8 Å². The molecule has 0 spiro atoms. The van der Waals surface area contributed by atoms with Crippen molar-refractivity contribution < 1.29 is 13.2 Å². The lowest BCUT2D eigenvalue weighted by Gasteiger charge is -1.97. The van der Waals surface area contributed by atoms with Crippen molar-refractivity contribution in [1.29, 1.82) is 0 Å². The van der Waals surface area contributed by atoms with Gasteiger partial charge in [-0.1, -0.05) is 0 Å². The first-order valence-corrected chi connectivity index (χ1v) is 4.94. The third kappa shape index (κ3) is 2.04. The second kappa shape index (κ2) is 4.17. The molecule has 6 heteroatoms. The Morgan fingerprint density at radius 2 is 2.06 bits per heavy atom. The Bertz CT molecular complexity index is 513. The van der Waals surface area contributed by atoms with Gasteiger partial charge < -0.3 is 4.42 Å². The molecule has 16 heavy (non-hydrogen) atoms. The predicted molar refractivity (Wildman–Crippen MR) is 53.9 cm³/mol. The SMILES string of the molecule is CC(Cl)c1nnc(-c2cc(F)ccc2F)o1. The Balaban J connectivity index is 2.46. The molecule has 0 radical (unpaired) electrons. The molecule has 3 nitrogen and oxygen atoms in total. The van der Waals surface area contributed by atoms with Crippen LogP contribution in [-0.4, -0.2) is 10.2 Å². The molecule has 1 heterocycles. The highest BCUT2D eigenvalue weighted by atomic mass is 35.5. The number of aromatic nitrogens is 2. The van der Waals surface area contributed by atoms with Crippen LogP contribution in [0.15, 0.2) is 22.6 Å². The molecule has 0 aliphatic rings. The highest BCUT2D eigenvalue weighted by molar-refractivity contribution is 6.20. The smallest absolute Gasteiger partial charge is 0.250 e. The fourth-order valence-corrected chi connectivity index (χ4v) is 1.25. The molecule has 0 amide bonds. The summed E-state index contributed by atoms with van der Waals surface area (Å²) in [4.78, 5) is 0. The van der Waals surface area contributed by atoms with Gasteiger partial charge in [0.2, 0.25) is 5.89 Å². The highest BCUT2D eigenvalue weighted by Gasteiger charge is 2.16. The van der Waals surface area contributed by atoms with E-state index in [1.807, 2.05) is 0 Å². The maximum absolute atomic E-state index is 13.3. The van der Waals surface area contributed by atoms with Gasteiger partial charge in [0, 0.05) is 0 Å². The number of nitrogens with zero attached hydrogens (tertiary/aromatic N) is 2. The summed E-state index contributed by atoms with van der Waals surface area (Å²) in [5.74, 6) is -1.12. The van der Waals surface area contributed by atoms with E-state index in [-0.39, 0.29) is 17.3 Å². The molecular weight excluding hydrogens is 238 g/mol. The van der Waals surface area contributed by atoms with Crippen LogP contribution in [0.4, 0.5) is 8.78 Å². The zero-order chi connectivity index (χ0) is 11.7. The van der Waals surface area contributed by atoms with Crippen LogP contribution in [0, 0.1) is 11.6 Å². The number of rotatable bonds is 2. The van der Waals surface area contributed by atoms with E-state index in [2.05, 4.69) is 10.2 Å². The quantitative estimate of drug-likeness (QED) is 0.761. The van der Waals surface area contributed by atoms with Gasteiger partial charge in [-0.3, -0.25) is 0 Å². The predicted octanol–water partition coefficient (Wildman–Crippen LogP) is 3.31. The van der Waals surface area contributed by atoms with Gasteiger partial charge in [-0.2, -0.15) is 0 Å². The standard InChI is InChI=1S/C10H7ClF2N2O/c1-5(11)9-14-15-10(16-9)7-4-6(12)2-3-8(7)13/h2-5H,1H3. The van der Waals surface area contributed by atoms with E-state index in [4.69, 9.17) is 16.0 Å². The maximum Gasteiger partial charge on any atom is 0.250 e. The second-order valence-electron chi connectivity index (χ2n) is 3.19. The number of alkyl halides is 1. The molecule has 0 fully saturated rings. The van der Waals surface area contributed by atoms with Gasteiger partial charge in [0.15, 0.2) is 0 Å². The maximum atomic E-state index is 13.3. The molecule has 1 aromatic heterocycles. The molecule has 0 saturated heterocycles. The largest absolute Gasteiger partial charge is 0.419 e. The Hall–Kier alpha value is -1.49. The first-order valence-electron chi connectivity index (χ1n) is 4.51. The van der Waals surface area contributed by atoms with Crippen LogP contribution in [0.3, 0.4) is 0 Å². The van der Waals surface area contributed by atoms with Crippen LogP contribution in [-0.2, 0) is 0 Å². The Morgan fingerprint density at radius 1 is 1.31 bits per heavy atom. The van der Waals surface area contributed by atoms with Gasteiger partial charge >= 0.3 is 0 Å². The van der Waals surface area contributed by atoms with Crippen molar-refractivity contribution in [2.24, 2.45) is 0 Å². The van der Waals surface area contributed by atoms with Crippen molar-refractivity contribution in [3.63, 3.8) is 0 Å². The molecule has 1 unspecified atom stereocenters. The molecule has 0 bridgehead atoms. The molecule has 2 aromatic rings. The van der Waals surface area contributed by atoms with E-state index in [0.29, 0.717) is 0 Å². The molecule has 0 aliphatic heterocycles. The summed E-state index contributed by atoms with van der Waals surface area (Å²) in [7, 11) is 0. The van der Waals surface area contributed by atoms with Crippen LogP contribution in [0.5, 0.6) is 0 Å². The lowest BCUT2D eigenvalue weighted by atomic mass is 10.2. The van der Waals surface area contributed by atoms with Gasteiger partial charge in [-0.05, 0) is 25.1 Å². The van der Waals surface area contributed by atoms with E-state index < -0.39 is 17.0 Å². The lowest BCUT2D eigenvalue weighted by molar-refractivity contribution is 0.501. The second-order valence-corrected chi connectivity index (χ2v) is 3.84. The van der Waals surface area contributed by atoms with Crippen molar-refractivity contribution >= 4 is 11.6 Å². The summed E-state index contributed by atoms with van der Waals surface area (Å²) in [6, 6.07) is 3.00. The molecule has 1 atom stereocenters. The average molecular weight is 245 g/mol.